The third-order valence-corrected chi connectivity index (χ3v) is 5.56. The molecular weight excluding hydrogens is 376 g/mol. The third-order valence-electron chi connectivity index (χ3n) is 4.63. The zero-order valence-corrected chi connectivity index (χ0v) is 17.8. The number of aromatic nitrogens is 3. The van der Waals surface area contributed by atoms with Crippen LogP contribution in [0.5, 0.6) is 11.5 Å². The van der Waals surface area contributed by atoms with E-state index in [-0.39, 0.29) is 11.9 Å². The molecule has 0 fully saturated rings. The molecule has 2 aromatic rings. The quantitative estimate of drug-likeness (QED) is 0.656. The number of benzene rings is 1. The zero-order valence-electron chi connectivity index (χ0n) is 17.0. The first-order chi connectivity index (χ1) is 13.5. The first kappa shape index (κ1) is 20.5. The second kappa shape index (κ2) is 9.32. The Morgan fingerprint density at radius 2 is 1.89 bits per heavy atom. The van der Waals surface area contributed by atoms with E-state index in [2.05, 4.69) is 28.6 Å². The minimum Gasteiger partial charge on any atom is -0.490 e. The average molecular weight is 405 g/mol. The standard InChI is InChI=1S/C20H28N4O3S/c1-5-23(6-2)18(25)13-28-20-22-21-19(24(20)14(3)4)15-8-9-16-17(12-15)27-11-7-10-26-16/h8-9,12,14H,5-7,10-11,13H2,1-4H3. The molecule has 0 N–H and O–H groups in total. The first-order valence-electron chi connectivity index (χ1n) is 9.80. The molecule has 0 saturated carbocycles. The van der Waals surface area contributed by atoms with Gasteiger partial charge in [-0.15, -0.1) is 10.2 Å². The Morgan fingerprint density at radius 1 is 1.18 bits per heavy atom. The summed E-state index contributed by atoms with van der Waals surface area (Å²) in [7, 11) is 0. The van der Waals surface area contributed by atoms with Gasteiger partial charge in [-0.05, 0) is 45.9 Å². The molecule has 1 aromatic carbocycles. The van der Waals surface area contributed by atoms with Crippen LogP contribution in [0.15, 0.2) is 23.4 Å². The highest BCUT2D eigenvalue weighted by atomic mass is 32.2. The van der Waals surface area contributed by atoms with E-state index in [0.717, 1.165) is 47.6 Å². The highest BCUT2D eigenvalue weighted by Gasteiger charge is 2.20. The molecule has 3 rings (SSSR count). The molecule has 1 aliphatic rings. The second-order valence-corrected chi connectivity index (χ2v) is 7.78. The third kappa shape index (κ3) is 4.43. The van der Waals surface area contributed by atoms with Crippen LogP contribution in [0.1, 0.15) is 40.2 Å². The van der Waals surface area contributed by atoms with Crippen molar-refractivity contribution in [1.82, 2.24) is 19.7 Å². The molecule has 152 valence electrons. The summed E-state index contributed by atoms with van der Waals surface area (Å²) in [6, 6.07) is 6.02. The largest absolute Gasteiger partial charge is 0.490 e. The van der Waals surface area contributed by atoms with E-state index < -0.39 is 0 Å². The Balaban J connectivity index is 1.85. The van der Waals surface area contributed by atoms with Gasteiger partial charge < -0.3 is 14.4 Å². The lowest BCUT2D eigenvalue weighted by molar-refractivity contribution is -0.127. The van der Waals surface area contributed by atoms with Crippen molar-refractivity contribution in [3.8, 4) is 22.9 Å². The number of carbonyl (C=O) groups excluding carboxylic acids is 1. The number of hydrogen-bond acceptors (Lipinski definition) is 6. The van der Waals surface area contributed by atoms with Crippen LogP contribution in [0.3, 0.4) is 0 Å². The molecule has 7 nitrogen and oxygen atoms in total. The second-order valence-electron chi connectivity index (χ2n) is 6.84. The van der Waals surface area contributed by atoms with E-state index in [4.69, 9.17) is 9.47 Å². The van der Waals surface area contributed by atoms with Crippen molar-refractivity contribution >= 4 is 17.7 Å². The van der Waals surface area contributed by atoms with Gasteiger partial charge in [0, 0.05) is 31.1 Å². The van der Waals surface area contributed by atoms with Crippen LogP contribution in [-0.4, -0.2) is 57.6 Å². The monoisotopic (exact) mass is 404 g/mol. The van der Waals surface area contributed by atoms with Crippen molar-refractivity contribution in [2.75, 3.05) is 32.1 Å². The molecule has 0 spiro atoms. The van der Waals surface area contributed by atoms with Crippen molar-refractivity contribution in [2.24, 2.45) is 0 Å². The van der Waals surface area contributed by atoms with E-state index in [1.165, 1.54) is 11.8 Å². The summed E-state index contributed by atoms with van der Waals surface area (Å²) in [5.74, 6) is 2.73. The van der Waals surface area contributed by atoms with Gasteiger partial charge in [-0.3, -0.25) is 9.36 Å². The maximum atomic E-state index is 12.3. The van der Waals surface area contributed by atoms with Crippen molar-refractivity contribution < 1.29 is 14.3 Å². The maximum absolute atomic E-state index is 12.3. The Kier molecular flexibility index (Phi) is 6.83. The molecule has 2 heterocycles. The molecule has 1 amide bonds. The van der Waals surface area contributed by atoms with Gasteiger partial charge in [0.05, 0.1) is 19.0 Å². The summed E-state index contributed by atoms with van der Waals surface area (Å²) in [5, 5.41) is 9.52. The van der Waals surface area contributed by atoms with Crippen molar-refractivity contribution in [1.29, 1.82) is 0 Å². The van der Waals surface area contributed by atoms with E-state index >= 15 is 0 Å². The zero-order chi connectivity index (χ0) is 20.1. The molecular formula is C20H28N4O3S. The molecule has 0 aliphatic carbocycles. The summed E-state index contributed by atoms with van der Waals surface area (Å²) < 4.78 is 13.6. The summed E-state index contributed by atoms with van der Waals surface area (Å²) in [6.45, 7) is 10.9. The van der Waals surface area contributed by atoms with Gasteiger partial charge in [0.2, 0.25) is 5.91 Å². The number of amides is 1. The Hall–Kier alpha value is -2.22. The number of nitrogens with zero attached hydrogens (tertiary/aromatic N) is 4. The smallest absolute Gasteiger partial charge is 0.233 e. The molecule has 0 radical (unpaired) electrons. The topological polar surface area (TPSA) is 69.5 Å². The van der Waals surface area contributed by atoms with Gasteiger partial charge in [-0.25, -0.2) is 0 Å². The van der Waals surface area contributed by atoms with Crippen LogP contribution in [0.2, 0.25) is 0 Å². The Bertz CT molecular complexity index is 818. The number of rotatable bonds is 7. The molecule has 1 aromatic heterocycles. The van der Waals surface area contributed by atoms with Crippen molar-refractivity contribution in [2.45, 2.75) is 45.3 Å². The fourth-order valence-electron chi connectivity index (χ4n) is 3.13. The van der Waals surface area contributed by atoms with E-state index in [9.17, 15) is 4.79 Å². The van der Waals surface area contributed by atoms with Gasteiger partial charge in [-0.2, -0.15) is 0 Å². The SMILES string of the molecule is CCN(CC)C(=O)CSc1nnc(-c2ccc3c(c2)OCCCO3)n1C(C)C. The predicted octanol–water partition coefficient (Wildman–Crippen LogP) is 3.65. The van der Waals surface area contributed by atoms with E-state index in [1.807, 2.05) is 36.9 Å². The lowest BCUT2D eigenvalue weighted by Gasteiger charge is -2.19. The van der Waals surface area contributed by atoms with Crippen molar-refractivity contribution in [3.05, 3.63) is 18.2 Å². The molecule has 0 bridgehead atoms. The summed E-state index contributed by atoms with van der Waals surface area (Å²) >= 11 is 1.43. The number of ether oxygens (including phenoxy) is 2. The average Bonchev–Trinajstić information content (AvgIpc) is 2.98. The fraction of sp³-hybridized carbons (Fsp3) is 0.550. The van der Waals surface area contributed by atoms with Gasteiger partial charge in [-0.1, -0.05) is 11.8 Å². The normalized spacial score (nSPS) is 13.5. The van der Waals surface area contributed by atoms with Gasteiger partial charge in [0.15, 0.2) is 22.5 Å². The van der Waals surface area contributed by atoms with Crippen LogP contribution in [0, 0.1) is 0 Å². The lowest BCUT2D eigenvalue weighted by Crippen LogP contribution is -2.32. The molecule has 0 saturated heterocycles. The minimum atomic E-state index is 0.116. The maximum Gasteiger partial charge on any atom is 0.233 e. The summed E-state index contributed by atoms with van der Waals surface area (Å²) in [4.78, 5) is 14.2. The molecule has 0 unspecified atom stereocenters. The predicted molar refractivity (Wildman–Crippen MR) is 110 cm³/mol. The van der Waals surface area contributed by atoms with E-state index in [1.54, 1.807) is 0 Å². The molecule has 1 aliphatic heterocycles. The van der Waals surface area contributed by atoms with Crippen LogP contribution in [0.4, 0.5) is 0 Å². The van der Waals surface area contributed by atoms with Crippen molar-refractivity contribution in [3.63, 3.8) is 0 Å². The van der Waals surface area contributed by atoms with Crippen LogP contribution in [0.25, 0.3) is 11.4 Å². The van der Waals surface area contributed by atoms with Crippen LogP contribution in [-0.2, 0) is 4.79 Å². The summed E-state index contributed by atoms with van der Waals surface area (Å²) in [6.07, 6.45) is 0.869. The highest BCUT2D eigenvalue weighted by Crippen LogP contribution is 2.35. The van der Waals surface area contributed by atoms with Gasteiger partial charge >= 0.3 is 0 Å². The Labute approximate surface area is 170 Å². The highest BCUT2D eigenvalue weighted by molar-refractivity contribution is 7.99. The number of fused-ring (bicyclic) bond motifs is 1. The summed E-state index contributed by atoms with van der Waals surface area (Å²) in [5.41, 5.74) is 0.923. The fourth-order valence-corrected chi connectivity index (χ4v) is 4.10. The van der Waals surface area contributed by atoms with E-state index in [0.29, 0.717) is 19.0 Å². The molecule has 0 atom stereocenters. The molecule has 28 heavy (non-hydrogen) atoms. The lowest BCUT2D eigenvalue weighted by atomic mass is 10.2. The molecule has 8 heteroatoms. The van der Waals surface area contributed by atoms with Gasteiger partial charge in [0.1, 0.15) is 0 Å². The van der Waals surface area contributed by atoms with Crippen LogP contribution >= 0.6 is 11.8 Å². The number of thioether (sulfide) groups is 1. The minimum absolute atomic E-state index is 0.116. The Morgan fingerprint density at radius 3 is 2.57 bits per heavy atom. The first-order valence-corrected chi connectivity index (χ1v) is 10.8. The van der Waals surface area contributed by atoms with Crippen LogP contribution < -0.4 is 9.47 Å². The van der Waals surface area contributed by atoms with Gasteiger partial charge in [0.25, 0.3) is 0 Å². The number of hydrogen-bond donors (Lipinski definition) is 0. The number of carbonyl (C=O) groups is 1.